The molecule has 1 atom stereocenters. The number of rotatable bonds is 6. The molecule has 1 amide bonds. The third-order valence-corrected chi connectivity index (χ3v) is 4.10. The van der Waals surface area contributed by atoms with Gasteiger partial charge >= 0.3 is 5.97 Å². The largest absolute Gasteiger partial charge is 0.480 e. The average Bonchev–Trinajstić information content (AvgIpc) is 2.92. The summed E-state index contributed by atoms with van der Waals surface area (Å²) < 4.78 is 13.2. The van der Waals surface area contributed by atoms with Crippen LogP contribution in [0, 0.1) is 11.7 Å². The molecule has 1 aromatic heterocycles. The molecule has 0 aliphatic heterocycles. The van der Waals surface area contributed by atoms with Gasteiger partial charge in [0.15, 0.2) is 0 Å². The number of carbonyl (C=O) groups is 2. The van der Waals surface area contributed by atoms with E-state index in [1.807, 2.05) is 0 Å². The normalized spacial score (nSPS) is 12.2. The van der Waals surface area contributed by atoms with Crippen molar-refractivity contribution in [1.29, 1.82) is 0 Å². The summed E-state index contributed by atoms with van der Waals surface area (Å²) in [5, 5.41) is 13.8. The number of aliphatic carboxylic acids is 1. The summed E-state index contributed by atoms with van der Waals surface area (Å²) in [7, 11) is 0. The summed E-state index contributed by atoms with van der Waals surface area (Å²) in [4.78, 5) is 27.4. The summed E-state index contributed by atoms with van der Waals surface area (Å²) in [6, 6.07) is 5.22. The topological polar surface area (TPSA) is 79.3 Å². The van der Waals surface area contributed by atoms with Crippen molar-refractivity contribution in [1.82, 2.24) is 10.3 Å². The maximum absolute atomic E-state index is 13.2. The lowest BCUT2D eigenvalue weighted by molar-refractivity contribution is -0.140. The first-order chi connectivity index (χ1) is 10.9. The molecule has 1 aromatic carbocycles. The van der Waals surface area contributed by atoms with Crippen LogP contribution in [0.5, 0.6) is 0 Å². The molecular formula is C16H17FN2O3S. The molecule has 122 valence electrons. The molecule has 1 heterocycles. The first-order valence-corrected chi connectivity index (χ1v) is 7.97. The molecule has 0 saturated carbocycles. The van der Waals surface area contributed by atoms with Crippen LogP contribution in [0.3, 0.4) is 0 Å². The Balaban J connectivity index is 2.06. The van der Waals surface area contributed by atoms with Gasteiger partial charge in [-0.1, -0.05) is 26.0 Å². The zero-order valence-corrected chi connectivity index (χ0v) is 13.6. The van der Waals surface area contributed by atoms with Crippen LogP contribution >= 0.6 is 11.3 Å². The Morgan fingerprint density at radius 2 is 2.13 bits per heavy atom. The SMILES string of the molecule is CC(C)[C@@H](NC(=O)c1csc(Cc2cccc(F)c2)n1)C(=O)O. The van der Waals surface area contributed by atoms with E-state index in [0.717, 1.165) is 5.56 Å². The summed E-state index contributed by atoms with van der Waals surface area (Å²) in [5.41, 5.74) is 0.935. The van der Waals surface area contributed by atoms with Crippen molar-refractivity contribution in [2.75, 3.05) is 0 Å². The van der Waals surface area contributed by atoms with Crippen LogP contribution in [0.2, 0.25) is 0 Å². The van der Waals surface area contributed by atoms with Crippen LogP contribution < -0.4 is 5.32 Å². The van der Waals surface area contributed by atoms with Crippen molar-refractivity contribution >= 4 is 23.2 Å². The molecule has 0 aliphatic carbocycles. The molecule has 0 bridgehead atoms. The monoisotopic (exact) mass is 336 g/mol. The Bertz CT molecular complexity index is 715. The smallest absolute Gasteiger partial charge is 0.326 e. The van der Waals surface area contributed by atoms with E-state index < -0.39 is 17.9 Å². The van der Waals surface area contributed by atoms with Gasteiger partial charge in [-0.25, -0.2) is 14.2 Å². The predicted octanol–water partition coefficient (Wildman–Crippen LogP) is 2.71. The van der Waals surface area contributed by atoms with Gasteiger partial charge in [0, 0.05) is 11.8 Å². The first-order valence-electron chi connectivity index (χ1n) is 7.09. The van der Waals surface area contributed by atoms with Crippen LogP contribution in [0.1, 0.15) is 34.9 Å². The Morgan fingerprint density at radius 1 is 1.39 bits per heavy atom. The van der Waals surface area contributed by atoms with Crippen molar-refractivity contribution < 1.29 is 19.1 Å². The van der Waals surface area contributed by atoms with Gasteiger partial charge in [0.1, 0.15) is 17.6 Å². The standard InChI is InChI=1S/C16H17FN2O3S/c1-9(2)14(16(21)22)19-15(20)12-8-23-13(18-12)7-10-4-3-5-11(17)6-10/h3-6,8-9,14H,7H2,1-2H3,(H,19,20)(H,21,22)/t14-/m1/s1. The first kappa shape index (κ1) is 17.1. The van der Waals surface area contributed by atoms with Gasteiger partial charge in [-0.15, -0.1) is 11.3 Å². The molecule has 2 rings (SSSR count). The van der Waals surface area contributed by atoms with Gasteiger partial charge in [0.05, 0.1) is 5.01 Å². The molecule has 7 heteroatoms. The zero-order chi connectivity index (χ0) is 17.0. The fourth-order valence-electron chi connectivity index (χ4n) is 2.05. The number of hydrogen-bond acceptors (Lipinski definition) is 4. The third-order valence-electron chi connectivity index (χ3n) is 3.25. The molecule has 0 radical (unpaired) electrons. The molecule has 5 nitrogen and oxygen atoms in total. The second kappa shape index (κ2) is 7.32. The van der Waals surface area contributed by atoms with E-state index in [2.05, 4.69) is 10.3 Å². The van der Waals surface area contributed by atoms with E-state index in [4.69, 9.17) is 5.11 Å². The maximum atomic E-state index is 13.2. The minimum Gasteiger partial charge on any atom is -0.480 e. The summed E-state index contributed by atoms with van der Waals surface area (Å²) >= 11 is 1.28. The molecular weight excluding hydrogens is 319 g/mol. The molecule has 2 aromatic rings. The van der Waals surface area contributed by atoms with E-state index in [0.29, 0.717) is 11.4 Å². The Hall–Kier alpha value is -2.28. The fraction of sp³-hybridized carbons (Fsp3) is 0.312. The van der Waals surface area contributed by atoms with E-state index in [9.17, 15) is 14.0 Å². The van der Waals surface area contributed by atoms with Gasteiger partial charge in [0.2, 0.25) is 0 Å². The second-order valence-electron chi connectivity index (χ2n) is 5.47. The number of aromatic nitrogens is 1. The van der Waals surface area contributed by atoms with Crippen molar-refractivity contribution in [3.8, 4) is 0 Å². The lowest BCUT2D eigenvalue weighted by atomic mass is 10.0. The minimum atomic E-state index is -1.08. The van der Waals surface area contributed by atoms with E-state index in [1.165, 1.54) is 23.5 Å². The molecule has 0 aliphatic rings. The van der Waals surface area contributed by atoms with Gasteiger partial charge in [0.25, 0.3) is 5.91 Å². The van der Waals surface area contributed by atoms with Crippen molar-refractivity contribution in [3.63, 3.8) is 0 Å². The van der Waals surface area contributed by atoms with E-state index in [1.54, 1.807) is 31.4 Å². The number of carbonyl (C=O) groups excluding carboxylic acids is 1. The third kappa shape index (κ3) is 4.59. The summed E-state index contributed by atoms with van der Waals surface area (Å²) in [6.45, 7) is 3.44. The van der Waals surface area contributed by atoms with Crippen LogP contribution in [0.4, 0.5) is 4.39 Å². The minimum absolute atomic E-state index is 0.174. The van der Waals surface area contributed by atoms with Gasteiger partial charge in [-0.05, 0) is 23.6 Å². The highest BCUT2D eigenvalue weighted by atomic mass is 32.1. The number of thiazole rings is 1. The van der Waals surface area contributed by atoms with Crippen LogP contribution in [0.15, 0.2) is 29.6 Å². The van der Waals surface area contributed by atoms with E-state index >= 15 is 0 Å². The van der Waals surface area contributed by atoms with Crippen LogP contribution in [-0.2, 0) is 11.2 Å². The molecule has 2 N–H and O–H groups in total. The lowest BCUT2D eigenvalue weighted by Gasteiger charge is -2.16. The molecule has 23 heavy (non-hydrogen) atoms. The molecule has 0 unspecified atom stereocenters. The number of halogens is 1. The number of carboxylic acid groups (broad SMARTS) is 1. The van der Waals surface area contributed by atoms with Gasteiger partial charge in [-0.3, -0.25) is 4.79 Å². The van der Waals surface area contributed by atoms with Crippen molar-refractivity contribution in [2.45, 2.75) is 26.3 Å². The van der Waals surface area contributed by atoms with Crippen LogP contribution in [-0.4, -0.2) is 28.0 Å². The number of nitrogens with zero attached hydrogens (tertiary/aromatic N) is 1. The van der Waals surface area contributed by atoms with Crippen molar-refractivity contribution in [2.24, 2.45) is 5.92 Å². The number of hydrogen-bond donors (Lipinski definition) is 2. The molecule has 0 fully saturated rings. The zero-order valence-electron chi connectivity index (χ0n) is 12.7. The Labute approximate surface area is 137 Å². The number of carboxylic acids is 1. The highest BCUT2D eigenvalue weighted by Crippen LogP contribution is 2.16. The quantitative estimate of drug-likeness (QED) is 0.850. The van der Waals surface area contributed by atoms with E-state index in [-0.39, 0.29) is 17.4 Å². The van der Waals surface area contributed by atoms with Crippen LogP contribution in [0.25, 0.3) is 0 Å². The highest BCUT2D eigenvalue weighted by Gasteiger charge is 2.24. The average molecular weight is 336 g/mol. The molecule has 0 saturated heterocycles. The predicted molar refractivity (Wildman–Crippen MR) is 85.0 cm³/mol. The van der Waals surface area contributed by atoms with Crippen molar-refractivity contribution in [3.05, 3.63) is 51.7 Å². The summed E-state index contributed by atoms with van der Waals surface area (Å²) in [6.07, 6.45) is 0.419. The molecule has 0 spiro atoms. The Morgan fingerprint density at radius 3 is 2.74 bits per heavy atom. The fourth-order valence-corrected chi connectivity index (χ4v) is 2.86. The Kier molecular flexibility index (Phi) is 5.44. The highest BCUT2D eigenvalue weighted by molar-refractivity contribution is 7.09. The van der Waals surface area contributed by atoms with Gasteiger partial charge < -0.3 is 10.4 Å². The number of nitrogens with one attached hydrogen (secondary N) is 1. The lowest BCUT2D eigenvalue weighted by Crippen LogP contribution is -2.44. The summed E-state index contributed by atoms with van der Waals surface area (Å²) in [5.74, 6) is -2.16. The maximum Gasteiger partial charge on any atom is 0.326 e. The number of amides is 1. The van der Waals surface area contributed by atoms with Gasteiger partial charge in [-0.2, -0.15) is 0 Å². The second-order valence-corrected chi connectivity index (χ2v) is 6.41. The number of benzene rings is 1.